The van der Waals surface area contributed by atoms with Gasteiger partial charge in [0, 0.05) is 43.0 Å². The van der Waals surface area contributed by atoms with E-state index in [1.54, 1.807) is 10.7 Å². The van der Waals surface area contributed by atoms with Crippen LogP contribution in [0.3, 0.4) is 0 Å². The van der Waals surface area contributed by atoms with Gasteiger partial charge in [0.2, 0.25) is 5.91 Å². The van der Waals surface area contributed by atoms with Gasteiger partial charge in [-0.2, -0.15) is 9.61 Å². The predicted molar refractivity (Wildman–Crippen MR) is 147 cm³/mol. The van der Waals surface area contributed by atoms with E-state index in [2.05, 4.69) is 21.0 Å². The summed E-state index contributed by atoms with van der Waals surface area (Å²) in [6.07, 6.45) is 5.90. The first-order chi connectivity index (χ1) is 18.3. The number of carbonyl (C=O) groups is 2. The summed E-state index contributed by atoms with van der Waals surface area (Å²) in [4.78, 5) is 29.6. The molecule has 10 nitrogen and oxygen atoms in total. The number of amides is 2. The fourth-order valence-corrected chi connectivity index (χ4v) is 4.87. The van der Waals surface area contributed by atoms with E-state index in [0.29, 0.717) is 29.0 Å². The summed E-state index contributed by atoms with van der Waals surface area (Å²) in [6, 6.07) is 7.40. The van der Waals surface area contributed by atoms with Crippen LogP contribution in [0.25, 0.3) is 16.8 Å². The number of rotatable bonds is 10. The topological polar surface area (TPSA) is 136 Å². The zero-order valence-electron chi connectivity index (χ0n) is 22.3. The van der Waals surface area contributed by atoms with Gasteiger partial charge >= 0.3 is 0 Å². The van der Waals surface area contributed by atoms with Crippen LogP contribution < -0.4 is 21.7 Å². The van der Waals surface area contributed by atoms with Crippen molar-refractivity contribution in [3.05, 3.63) is 41.6 Å². The molecular formula is C28H37N7O3. The van der Waals surface area contributed by atoms with Gasteiger partial charge in [0.1, 0.15) is 17.7 Å². The minimum Gasteiger partial charge on any atom is -0.381 e. The third kappa shape index (κ3) is 5.75. The Kier molecular flexibility index (Phi) is 7.51. The van der Waals surface area contributed by atoms with Crippen molar-refractivity contribution in [2.24, 2.45) is 17.6 Å². The number of ether oxygens (including phenoxy) is 1. The quantitative estimate of drug-likeness (QED) is 0.322. The van der Waals surface area contributed by atoms with E-state index in [-0.39, 0.29) is 11.8 Å². The Morgan fingerprint density at radius 3 is 2.58 bits per heavy atom. The second-order valence-electron chi connectivity index (χ2n) is 10.8. The van der Waals surface area contributed by atoms with Crippen LogP contribution in [0.5, 0.6) is 0 Å². The zero-order valence-corrected chi connectivity index (χ0v) is 22.3. The van der Waals surface area contributed by atoms with Crippen molar-refractivity contribution >= 4 is 29.1 Å². The highest BCUT2D eigenvalue weighted by Gasteiger charge is 2.25. The van der Waals surface area contributed by atoms with Crippen molar-refractivity contribution in [2.75, 3.05) is 30.4 Å². The molecule has 3 heterocycles. The van der Waals surface area contributed by atoms with Gasteiger partial charge in [-0.3, -0.25) is 9.59 Å². The molecular weight excluding hydrogens is 482 g/mol. The number of carbonyl (C=O) groups excluding carboxylic acids is 2. The Morgan fingerprint density at radius 1 is 1.16 bits per heavy atom. The minimum atomic E-state index is -0.564. The lowest BCUT2D eigenvalue weighted by molar-refractivity contribution is -0.119. The summed E-state index contributed by atoms with van der Waals surface area (Å²) in [6.45, 7) is 8.17. The first-order valence-electron chi connectivity index (χ1n) is 13.5. The molecule has 0 spiro atoms. The van der Waals surface area contributed by atoms with Crippen LogP contribution in [0, 0.1) is 18.8 Å². The van der Waals surface area contributed by atoms with Gasteiger partial charge in [-0.15, -0.1) is 0 Å². The molecule has 2 aliphatic rings. The van der Waals surface area contributed by atoms with Crippen molar-refractivity contribution in [3.8, 4) is 11.1 Å². The van der Waals surface area contributed by atoms with Gasteiger partial charge in [0.05, 0.1) is 6.20 Å². The molecule has 3 aromatic rings. The smallest absolute Gasteiger partial charge is 0.251 e. The van der Waals surface area contributed by atoms with Crippen LogP contribution in [-0.4, -0.2) is 58.3 Å². The molecule has 0 radical (unpaired) electrons. The van der Waals surface area contributed by atoms with Gasteiger partial charge in [0.25, 0.3) is 5.91 Å². The standard InChI is InChI=1S/C28H37N7O3/c1-16(2)25(26(29)36)33-23-13-24(30-14-18-8-10-38-11-9-18)35-27(34-23)22(15-31-35)19-4-7-21(17(3)12-19)28(37)32-20-5-6-20/h4,7,12-13,15-16,18,20,25,30H,5-6,8-11,14H2,1-3H3,(H2,29,36)(H,32,37)(H,33,34)/t25-/m0/s1. The number of hydrogen-bond acceptors (Lipinski definition) is 7. The third-order valence-electron chi connectivity index (χ3n) is 7.36. The lowest BCUT2D eigenvalue weighted by Gasteiger charge is -2.23. The first-order valence-corrected chi connectivity index (χ1v) is 13.5. The van der Waals surface area contributed by atoms with Gasteiger partial charge in [-0.25, -0.2) is 4.98 Å². The fourth-order valence-electron chi connectivity index (χ4n) is 4.87. The third-order valence-corrected chi connectivity index (χ3v) is 7.36. The Bertz CT molecular complexity index is 1330. The molecule has 38 heavy (non-hydrogen) atoms. The number of nitrogens with two attached hydrogens (primary N) is 1. The average molecular weight is 520 g/mol. The van der Waals surface area contributed by atoms with Crippen LogP contribution >= 0.6 is 0 Å². The molecule has 202 valence electrons. The molecule has 5 N–H and O–H groups in total. The summed E-state index contributed by atoms with van der Waals surface area (Å²) >= 11 is 0. The van der Waals surface area contributed by atoms with E-state index in [1.807, 2.05) is 45.0 Å². The SMILES string of the molecule is Cc1cc(-c2cnn3c(NCC4CCOCC4)cc(N[C@H](C(N)=O)C(C)C)nc23)ccc1C(=O)NC1CC1. The average Bonchev–Trinajstić information content (AvgIpc) is 3.60. The number of nitrogens with one attached hydrogen (secondary N) is 3. The Hall–Kier alpha value is -3.66. The molecule has 1 aliphatic heterocycles. The molecule has 1 atom stereocenters. The maximum atomic E-state index is 12.6. The maximum Gasteiger partial charge on any atom is 0.251 e. The zero-order chi connectivity index (χ0) is 26.8. The van der Waals surface area contributed by atoms with Gasteiger partial charge in [-0.05, 0) is 61.6 Å². The molecule has 1 saturated carbocycles. The van der Waals surface area contributed by atoms with Gasteiger partial charge in [-0.1, -0.05) is 26.0 Å². The number of hydrogen-bond donors (Lipinski definition) is 4. The summed E-state index contributed by atoms with van der Waals surface area (Å²) in [7, 11) is 0. The molecule has 2 fully saturated rings. The summed E-state index contributed by atoms with van der Waals surface area (Å²) < 4.78 is 7.29. The van der Waals surface area contributed by atoms with Crippen molar-refractivity contribution in [2.45, 2.75) is 58.5 Å². The lowest BCUT2D eigenvalue weighted by atomic mass is 10.0. The van der Waals surface area contributed by atoms with E-state index < -0.39 is 11.9 Å². The normalized spacial score (nSPS) is 16.9. The first kappa shape index (κ1) is 26.0. The van der Waals surface area contributed by atoms with Crippen LogP contribution in [0.4, 0.5) is 11.6 Å². The number of fused-ring (bicyclic) bond motifs is 1. The molecule has 1 aliphatic carbocycles. The van der Waals surface area contributed by atoms with Crippen molar-refractivity contribution in [1.82, 2.24) is 19.9 Å². The minimum absolute atomic E-state index is 0.00876. The number of aryl methyl sites for hydroxylation is 1. The highest BCUT2D eigenvalue weighted by molar-refractivity contribution is 5.97. The number of aromatic nitrogens is 3. The Labute approximate surface area is 222 Å². The predicted octanol–water partition coefficient (Wildman–Crippen LogP) is 3.36. The summed E-state index contributed by atoms with van der Waals surface area (Å²) in [5.41, 5.74) is 9.63. The highest BCUT2D eigenvalue weighted by atomic mass is 16.5. The molecule has 2 aromatic heterocycles. The van der Waals surface area contributed by atoms with E-state index in [1.165, 1.54) is 0 Å². The number of nitrogens with zero attached hydrogens (tertiary/aromatic N) is 3. The summed E-state index contributed by atoms with van der Waals surface area (Å²) in [5, 5.41) is 14.5. The van der Waals surface area contributed by atoms with E-state index in [4.69, 9.17) is 15.5 Å². The summed E-state index contributed by atoms with van der Waals surface area (Å²) in [5.74, 6) is 1.35. The Balaban J connectivity index is 1.49. The molecule has 5 rings (SSSR count). The monoisotopic (exact) mass is 519 g/mol. The molecule has 10 heteroatoms. The van der Waals surface area contributed by atoms with E-state index in [0.717, 1.165) is 68.0 Å². The van der Waals surface area contributed by atoms with Crippen LogP contribution in [0.15, 0.2) is 30.5 Å². The number of primary amides is 1. The fraction of sp³-hybridized carbons (Fsp3) is 0.500. The highest BCUT2D eigenvalue weighted by Crippen LogP contribution is 2.30. The van der Waals surface area contributed by atoms with Crippen LogP contribution in [-0.2, 0) is 9.53 Å². The number of benzene rings is 1. The molecule has 1 saturated heterocycles. The van der Waals surface area contributed by atoms with Crippen molar-refractivity contribution in [3.63, 3.8) is 0 Å². The molecule has 0 bridgehead atoms. The second-order valence-corrected chi connectivity index (χ2v) is 10.8. The maximum absolute atomic E-state index is 12.6. The van der Waals surface area contributed by atoms with Crippen molar-refractivity contribution < 1.29 is 14.3 Å². The second kappa shape index (κ2) is 11.0. The molecule has 2 amide bonds. The van der Waals surface area contributed by atoms with E-state index >= 15 is 0 Å². The van der Waals surface area contributed by atoms with Crippen LogP contribution in [0.1, 0.15) is 55.5 Å². The van der Waals surface area contributed by atoms with Crippen LogP contribution in [0.2, 0.25) is 0 Å². The lowest BCUT2D eigenvalue weighted by Crippen LogP contribution is -2.39. The largest absolute Gasteiger partial charge is 0.381 e. The molecule has 1 aromatic carbocycles. The Morgan fingerprint density at radius 2 is 1.92 bits per heavy atom. The van der Waals surface area contributed by atoms with Gasteiger partial charge in [0.15, 0.2) is 5.65 Å². The van der Waals surface area contributed by atoms with E-state index in [9.17, 15) is 9.59 Å². The van der Waals surface area contributed by atoms with Crippen molar-refractivity contribution in [1.29, 1.82) is 0 Å². The van der Waals surface area contributed by atoms with Gasteiger partial charge < -0.3 is 26.4 Å². The number of anilines is 2. The molecule has 0 unspecified atom stereocenters.